The summed E-state index contributed by atoms with van der Waals surface area (Å²) in [6.07, 6.45) is 3.08. The van der Waals surface area contributed by atoms with Crippen molar-refractivity contribution in [2.75, 3.05) is 0 Å². The maximum Gasteiger partial charge on any atom is 0.336 e. The summed E-state index contributed by atoms with van der Waals surface area (Å²) in [5.74, 6) is -0.945. The van der Waals surface area contributed by atoms with E-state index < -0.39 is 5.97 Å². The number of carboxylic acids is 1. The second-order valence-corrected chi connectivity index (χ2v) is 4.67. The van der Waals surface area contributed by atoms with Crippen molar-refractivity contribution >= 4 is 5.97 Å². The van der Waals surface area contributed by atoms with Gasteiger partial charge in [-0.15, -0.1) is 0 Å². The molecule has 0 amide bonds. The summed E-state index contributed by atoms with van der Waals surface area (Å²) in [5, 5.41) is 9.23. The molecule has 3 nitrogen and oxygen atoms in total. The standard InChI is InChI=1S/C18H13NO2/c20-18(21)16-10-11-19-12-17(16)15-8-6-14(7-9-15)13-4-2-1-3-5-13/h1-12H,(H,20,21). The molecule has 102 valence electrons. The minimum absolute atomic E-state index is 0.262. The Morgan fingerprint density at radius 2 is 1.43 bits per heavy atom. The molecule has 1 heterocycles. The van der Waals surface area contributed by atoms with Gasteiger partial charge in [-0.05, 0) is 22.8 Å². The number of hydrogen-bond acceptors (Lipinski definition) is 2. The van der Waals surface area contributed by atoms with E-state index in [0.717, 1.165) is 16.7 Å². The van der Waals surface area contributed by atoms with Crippen molar-refractivity contribution in [3.05, 3.63) is 78.6 Å². The fourth-order valence-electron chi connectivity index (χ4n) is 2.28. The molecule has 0 saturated heterocycles. The van der Waals surface area contributed by atoms with Gasteiger partial charge in [0.25, 0.3) is 0 Å². The van der Waals surface area contributed by atoms with Gasteiger partial charge in [0, 0.05) is 18.0 Å². The molecule has 2 aromatic carbocycles. The highest BCUT2D eigenvalue weighted by molar-refractivity contribution is 5.95. The van der Waals surface area contributed by atoms with Crippen LogP contribution in [-0.2, 0) is 0 Å². The molecular formula is C18H13NO2. The third kappa shape index (κ3) is 2.67. The Hall–Kier alpha value is -2.94. The number of aromatic carboxylic acids is 1. The molecule has 3 aromatic rings. The summed E-state index contributed by atoms with van der Waals surface area (Å²) in [5.41, 5.74) is 3.97. The molecule has 0 unspecified atom stereocenters. The van der Waals surface area contributed by atoms with Crippen LogP contribution in [0.3, 0.4) is 0 Å². The fraction of sp³-hybridized carbons (Fsp3) is 0. The highest BCUT2D eigenvalue weighted by atomic mass is 16.4. The van der Waals surface area contributed by atoms with E-state index in [1.54, 1.807) is 6.20 Å². The van der Waals surface area contributed by atoms with Crippen molar-refractivity contribution < 1.29 is 9.90 Å². The molecular weight excluding hydrogens is 262 g/mol. The minimum Gasteiger partial charge on any atom is -0.478 e. The predicted octanol–water partition coefficient (Wildman–Crippen LogP) is 4.11. The van der Waals surface area contributed by atoms with E-state index in [1.165, 1.54) is 12.3 Å². The average Bonchev–Trinajstić information content (AvgIpc) is 2.56. The van der Waals surface area contributed by atoms with Gasteiger partial charge < -0.3 is 5.11 Å². The molecule has 0 spiro atoms. The predicted molar refractivity (Wildman–Crippen MR) is 82.1 cm³/mol. The van der Waals surface area contributed by atoms with Gasteiger partial charge in [-0.1, -0.05) is 54.6 Å². The molecule has 1 N–H and O–H groups in total. The first-order valence-electron chi connectivity index (χ1n) is 6.59. The molecule has 0 aliphatic carbocycles. The monoisotopic (exact) mass is 275 g/mol. The van der Waals surface area contributed by atoms with E-state index in [1.807, 2.05) is 54.6 Å². The highest BCUT2D eigenvalue weighted by Gasteiger charge is 2.11. The van der Waals surface area contributed by atoms with Gasteiger partial charge in [0.2, 0.25) is 0 Å². The summed E-state index contributed by atoms with van der Waals surface area (Å²) >= 11 is 0. The Labute approximate surface area is 122 Å². The second-order valence-electron chi connectivity index (χ2n) is 4.67. The quantitative estimate of drug-likeness (QED) is 0.782. The Bertz CT molecular complexity index is 765. The van der Waals surface area contributed by atoms with Gasteiger partial charge >= 0.3 is 5.97 Å². The summed E-state index contributed by atoms with van der Waals surface area (Å²) in [4.78, 5) is 15.3. The van der Waals surface area contributed by atoms with Crippen LogP contribution in [0.4, 0.5) is 0 Å². The number of rotatable bonds is 3. The summed E-state index contributed by atoms with van der Waals surface area (Å²) in [6, 6.07) is 19.4. The second kappa shape index (κ2) is 5.59. The zero-order chi connectivity index (χ0) is 14.7. The van der Waals surface area contributed by atoms with Gasteiger partial charge in [0.15, 0.2) is 0 Å². The van der Waals surface area contributed by atoms with Gasteiger partial charge in [0.1, 0.15) is 0 Å². The zero-order valence-electron chi connectivity index (χ0n) is 11.2. The number of nitrogens with zero attached hydrogens (tertiary/aromatic N) is 1. The Morgan fingerprint density at radius 1 is 0.810 bits per heavy atom. The van der Waals surface area contributed by atoms with Crippen molar-refractivity contribution in [1.29, 1.82) is 0 Å². The fourth-order valence-corrected chi connectivity index (χ4v) is 2.28. The maximum absolute atomic E-state index is 11.3. The molecule has 0 atom stereocenters. The van der Waals surface area contributed by atoms with Crippen molar-refractivity contribution in [2.24, 2.45) is 0 Å². The van der Waals surface area contributed by atoms with Gasteiger partial charge in [-0.3, -0.25) is 4.98 Å². The van der Waals surface area contributed by atoms with Gasteiger partial charge in [-0.2, -0.15) is 0 Å². The van der Waals surface area contributed by atoms with Gasteiger partial charge in [-0.25, -0.2) is 4.79 Å². The van der Waals surface area contributed by atoms with E-state index >= 15 is 0 Å². The molecule has 0 bridgehead atoms. The first kappa shape index (κ1) is 13.1. The normalized spacial score (nSPS) is 10.3. The van der Waals surface area contributed by atoms with E-state index in [0.29, 0.717) is 5.56 Å². The number of hydrogen-bond donors (Lipinski definition) is 1. The largest absolute Gasteiger partial charge is 0.478 e. The molecule has 21 heavy (non-hydrogen) atoms. The third-order valence-electron chi connectivity index (χ3n) is 3.35. The van der Waals surface area contributed by atoms with Crippen LogP contribution >= 0.6 is 0 Å². The maximum atomic E-state index is 11.3. The number of aromatic nitrogens is 1. The molecule has 0 fully saturated rings. The van der Waals surface area contributed by atoms with Crippen LogP contribution in [0.2, 0.25) is 0 Å². The van der Waals surface area contributed by atoms with Crippen LogP contribution in [0.1, 0.15) is 10.4 Å². The first-order valence-corrected chi connectivity index (χ1v) is 6.59. The lowest BCUT2D eigenvalue weighted by Gasteiger charge is -2.07. The molecule has 3 rings (SSSR count). The van der Waals surface area contributed by atoms with E-state index in [4.69, 9.17) is 0 Å². The molecule has 0 aliphatic heterocycles. The summed E-state index contributed by atoms with van der Waals surface area (Å²) in [7, 11) is 0. The molecule has 0 radical (unpaired) electrons. The van der Waals surface area contributed by atoms with Crippen LogP contribution in [0.25, 0.3) is 22.3 Å². The Balaban J connectivity index is 2.01. The van der Waals surface area contributed by atoms with Crippen molar-refractivity contribution in [1.82, 2.24) is 4.98 Å². The lowest BCUT2D eigenvalue weighted by molar-refractivity contribution is 0.0697. The highest BCUT2D eigenvalue weighted by Crippen LogP contribution is 2.26. The lowest BCUT2D eigenvalue weighted by Crippen LogP contribution is -1.99. The molecule has 0 saturated carbocycles. The van der Waals surface area contributed by atoms with Crippen LogP contribution in [0.5, 0.6) is 0 Å². The van der Waals surface area contributed by atoms with Crippen molar-refractivity contribution in [2.45, 2.75) is 0 Å². The van der Waals surface area contributed by atoms with E-state index in [-0.39, 0.29) is 5.56 Å². The van der Waals surface area contributed by atoms with Crippen molar-refractivity contribution in [3.8, 4) is 22.3 Å². The SMILES string of the molecule is O=C(O)c1ccncc1-c1ccc(-c2ccccc2)cc1. The Kier molecular flexibility index (Phi) is 3.48. The van der Waals surface area contributed by atoms with Gasteiger partial charge in [0.05, 0.1) is 5.56 Å². The van der Waals surface area contributed by atoms with E-state index in [2.05, 4.69) is 4.98 Å². The molecule has 3 heteroatoms. The van der Waals surface area contributed by atoms with Crippen LogP contribution < -0.4 is 0 Å². The van der Waals surface area contributed by atoms with E-state index in [9.17, 15) is 9.90 Å². The minimum atomic E-state index is -0.945. The lowest BCUT2D eigenvalue weighted by atomic mass is 9.98. The number of carboxylic acid groups (broad SMARTS) is 1. The smallest absolute Gasteiger partial charge is 0.336 e. The zero-order valence-corrected chi connectivity index (χ0v) is 11.2. The number of pyridine rings is 1. The van der Waals surface area contributed by atoms with Crippen LogP contribution in [-0.4, -0.2) is 16.1 Å². The average molecular weight is 275 g/mol. The first-order chi connectivity index (χ1) is 10.3. The molecule has 0 aliphatic rings. The number of carbonyl (C=O) groups is 1. The third-order valence-corrected chi connectivity index (χ3v) is 3.35. The Morgan fingerprint density at radius 3 is 2.10 bits per heavy atom. The number of benzene rings is 2. The molecule has 1 aromatic heterocycles. The van der Waals surface area contributed by atoms with Crippen LogP contribution in [0, 0.1) is 0 Å². The topological polar surface area (TPSA) is 50.2 Å². The van der Waals surface area contributed by atoms with Crippen LogP contribution in [0.15, 0.2) is 73.1 Å². The van der Waals surface area contributed by atoms with Crippen molar-refractivity contribution in [3.63, 3.8) is 0 Å². The summed E-state index contributed by atoms with van der Waals surface area (Å²) in [6.45, 7) is 0. The summed E-state index contributed by atoms with van der Waals surface area (Å²) < 4.78 is 0.